The third-order valence-electron chi connectivity index (χ3n) is 3.94. The number of fused-ring (bicyclic) bond motifs is 1. The van der Waals surface area contributed by atoms with Gasteiger partial charge >= 0.3 is 0 Å². The molecule has 6 nitrogen and oxygen atoms in total. The molecule has 0 radical (unpaired) electrons. The topological polar surface area (TPSA) is 76.9 Å². The number of hydrogen-bond donors (Lipinski definition) is 1. The van der Waals surface area contributed by atoms with Crippen molar-refractivity contribution >= 4 is 22.5 Å². The van der Waals surface area contributed by atoms with Crippen LogP contribution in [0.25, 0.3) is 10.9 Å². The lowest BCUT2D eigenvalue weighted by Gasteiger charge is -2.21. The van der Waals surface area contributed by atoms with Crippen molar-refractivity contribution in [2.75, 3.05) is 5.32 Å². The molecule has 0 unspecified atom stereocenters. The number of rotatable bonds is 4. The maximum absolute atomic E-state index is 13.8. The van der Waals surface area contributed by atoms with Crippen LogP contribution in [0, 0.1) is 17.6 Å². The van der Waals surface area contributed by atoms with Crippen molar-refractivity contribution in [2.24, 2.45) is 5.92 Å². The van der Waals surface area contributed by atoms with Gasteiger partial charge in [-0.25, -0.2) is 8.78 Å². The van der Waals surface area contributed by atoms with Gasteiger partial charge in [-0.05, 0) is 30.2 Å². The highest BCUT2D eigenvalue weighted by Crippen LogP contribution is 2.21. The minimum atomic E-state index is -1.01. The monoisotopic (exact) mass is 358 g/mol. The largest absolute Gasteiger partial charge is 0.322 e. The van der Waals surface area contributed by atoms with Crippen molar-refractivity contribution in [1.82, 2.24) is 15.0 Å². The molecule has 1 amide bonds. The van der Waals surface area contributed by atoms with Gasteiger partial charge in [-0.2, -0.15) is 4.68 Å². The van der Waals surface area contributed by atoms with Gasteiger partial charge in [0.1, 0.15) is 23.2 Å². The minimum Gasteiger partial charge on any atom is -0.322 e. The molecule has 2 aromatic carbocycles. The van der Waals surface area contributed by atoms with Gasteiger partial charge in [-0.1, -0.05) is 31.2 Å². The van der Waals surface area contributed by atoms with E-state index in [-0.39, 0.29) is 11.6 Å². The number of halogens is 2. The van der Waals surface area contributed by atoms with Crippen molar-refractivity contribution in [2.45, 2.75) is 19.9 Å². The van der Waals surface area contributed by atoms with Crippen LogP contribution in [0.15, 0.2) is 47.3 Å². The van der Waals surface area contributed by atoms with E-state index >= 15 is 0 Å². The van der Waals surface area contributed by atoms with E-state index in [4.69, 9.17) is 0 Å². The lowest BCUT2D eigenvalue weighted by atomic mass is 10.0. The molecule has 134 valence electrons. The first-order chi connectivity index (χ1) is 12.4. The molecule has 0 bridgehead atoms. The van der Waals surface area contributed by atoms with Crippen LogP contribution >= 0.6 is 0 Å². The second kappa shape index (κ2) is 6.99. The second-order valence-corrected chi connectivity index (χ2v) is 6.16. The van der Waals surface area contributed by atoms with Crippen molar-refractivity contribution in [3.63, 3.8) is 0 Å². The predicted molar refractivity (Wildman–Crippen MR) is 92.7 cm³/mol. The molecule has 0 aliphatic heterocycles. The summed E-state index contributed by atoms with van der Waals surface area (Å²) in [6, 6.07) is 8.47. The lowest BCUT2D eigenvalue weighted by Crippen LogP contribution is -2.38. The zero-order valence-corrected chi connectivity index (χ0v) is 14.1. The summed E-state index contributed by atoms with van der Waals surface area (Å²) in [6.45, 7) is 3.46. The number of aromatic nitrogens is 3. The maximum atomic E-state index is 13.8. The molecule has 1 heterocycles. The van der Waals surface area contributed by atoms with Crippen LogP contribution in [0.3, 0.4) is 0 Å². The predicted octanol–water partition coefficient (Wildman–Crippen LogP) is 2.91. The van der Waals surface area contributed by atoms with E-state index in [2.05, 4.69) is 15.6 Å². The molecule has 0 fully saturated rings. The van der Waals surface area contributed by atoms with Gasteiger partial charge in [0.25, 0.3) is 5.56 Å². The highest BCUT2D eigenvalue weighted by molar-refractivity contribution is 5.94. The fraction of sp³-hybridized carbons (Fsp3) is 0.222. The molecule has 8 heteroatoms. The standard InChI is InChI=1S/C18H16F2N4O2/c1-10(2)16(17(25)21-15-8-7-11(19)9-13(15)20)24-18(26)12-5-3-4-6-14(12)22-23-24/h3-10,16H,1-2H3,(H,21,25)/t16-/m0/s1. The molecule has 1 aromatic heterocycles. The first-order valence-electron chi connectivity index (χ1n) is 7.98. The molecule has 0 aliphatic carbocycles. The molecular formula is C18H16F2N4O2. The first-order valence-corrected chi connectivity index (χ1v) is 7.98. The average molecular weight is 358 g/mol. The number of nitrogens with zero attached hydrogens (tertiary/aromatic N) is 3. The van der Waals surface area contributed by atoms with E-state index in [0.29, 0.717) is 17.0 Å². The average Bonchev–Trinajstić information content (AvgIpc) is 2.59. The Kier molecular flexibility index (Phi) is 4.75. The Morgan fingerprint density at radius 3 is 2.58 bits per heavy atom. The summed E-state index contributed by atoms with van der Waals surface area (Å²) in [4.78, 5) is 25.4. The van der Waals surface area contributed by atoms with Crippen LogP contribution in [0.5, 0.6) is 0 Å². The Morgan fingerprint density at radius 1 is 1.15 bits per heavy atom. The van der Waals surface area contributed by atoms with Crippen LogP contribution in [0.1, 0.15) is 19.9 Å². The maximum Gasteiger partial charge on any atom is 0.278 e. The number of carbonyl (C=O) groups is 1. The van der Waals surface area contributed by atoms with Crippen LogP contribution < -0.4 is 10.9 Å². The zero-order chi connectivity index (χ0) is 18.8. The summed E-state index contributed by atoms with van der Waals surface area (Å²) in [5.74, 6) is -2.63. The summed E-state index contributed by atoms with van der Waals surface area (Å²) in [5, 5.41) is 10.6. The molecule has 1 N–H and O–H groups in total. The fourth-order valence-electron chi connectivity index (χ4n) is 2.68. The summed E-state index contributed by atoms with van der Waals surface area (Å²) >= 11 is 0. The number of carbonyl (C=O) groups excluding carboxylic acids is 1. The number of anilines is 1. The Balaban J connectivity index is 2.00. The molecular weight excluding hydrogens is 342 g/mol. The van der Waals surface area contributed by atoms with Crippen molar-refractivity contribution < 1.29 is 13.6 Å². The number of hydrogen-bond acceptors (Lipinski definition) is 4. The molecule has 26 heavy (non-hydrogen) atoms. The Labute approximate surface area is 147 Å². The van der Waals surface area contributed by atoms with Gasteiger partial charge in [0.15, 0.2) is 0 Å². The van der Waals surface area contributed by atoms with E-state index < -0.39 is 29.1 Å². The summed E-state index contributed by atoms with van der Waals surface area (Å²) in [6.07, 6.45) is 0. The molecule has 3 rings (SSSR count). The second-order valence-electron chi connectivity index (χ2n) is 6.16. The molecule has 3 aromatic rings. The van der Waals surface area contributed by atoms with Gasteiger partial charge in [0, 0.05) is 6.07 Å². The molecule has 0 saturated carbocycles. The zero-order valence-electron chi connectivity index (χ0n) is 14.1. The van der Waals surface area contributed by atoms with E-state index in [1.807, 2.05) is 0 Å². The summed E-state index contributed by atoms with van der Waals surface area (Å²) in [5.41, 5.74) is -0.228. The Bertz CT molecular complexity index is 1030. The lowest BCUT2D eigenvalue weighted by molar-refractivity contribution is -0.120. The molecule has 0 spiro atoms. The van der Waals surface area contributed by atoms with Crippen molar-refractivity contribution in [3.8, 4) is 0 Å². The Morgan fingerprint density at radius 2 is 1.88 bits per heavy atom. The van der Waals surface area contributed by atoms with E-state index in [1.54, 1.807) is 38.1 Å². The van der Waals surface area contributed by atoms with Gasteiger partial charge in [-0.3, -0.25) is 9.59 Å². The van der Waals surface area contributed by atoms with Crippen LogP contribution in [0.4, 0.5) is 14.5 Å². The summed E-state index contributed by atoms with van der Waals surface area (Å²) < 4.78 is 27.8. The summed E-state index contributed by atoms with van der Waals surface area (Å²) in [7, 11) is 0. The molecule has 0 aliphatic rings. The third kappa shape index (κ3) is 3.30. The fourth-order valence-corrected chi connectivity index (χ4v) is 2.68. The van der Waals surface area contributed by atoms with Crippen LogP contribution in [0.2, 0.25) is 0 Å². The third-order valence-corrected chi connectivity index (χ3v) is 3.94. The first kappa shape index (κ1) is 17.7. The van der Waals surface area contributed by atoms with Gasteiger partial charge < -0.3 is 5.32 Å². The number of amides is 1. The molecule has 0 saturated heterocycles. The van der Waals surface area contributed by atoms with Crippen molar-refractivity contribution in [1.29, 1.82) is 0 Å². The van der Waals surface area contributed by atoms with Crippen molar-refractivity contribution in [3.05, 3.63) is 64.5 Å². The van der Waals surface area contributed by atoms with Crippen LogP contribution in [-0.4, -0.2) is 20.9 Å². The highest BCUT2D eigenvalue weighted by Gasteiger charge is 2.28. The SMILES string of the molecule is CC(C)[C@@H](C(=O)Nc1ccc(F)cc1F)n1nnc2ccccc2c1=O. The van der Waals surface area contributed by atoms with Gasteiger partial charge in [0.05, 0.1) is 11.1 Å². The Hall–Kier alpha value is -3.16. The quantitative estimate of drug-likeness (QED) is 0.778. The van der Waals surface area contributed by atoms with E-state index in [9.17, 15) is 18.4 Å². The van der Waals surface area contributed by atoms with E-state index in [1.165, 1.54) is 0 Å². The van der Waals surface area contributed by atoms with E-state index in [0.717, 1.165) is 16.8 Å². The normalized spacial score (nSPS) is 12.3. The smallest absolute Gasteiger partial charge is 0.278 e. The van der Waals surface area contributed by atoms with Gasteiger partial charge in [0.2, 0.25) is 5.91 Å². The number of nitrogens with one attached hydrogen (secondary N) is 1. The van der Waals surface area contributed by atoms with Crippen LogP contribution in [-0.2, 0) is 4.79 Å². The van der Waals surface area contributed by atoms with Gasteiger partial charge in [-0.15, -0.1) is 5.10 Å². The highest BCUT2D eigenvalue weighted by atomic mass is 19.1. The number of benzene rings is 2. The molecule has 1 atom stereocenters. The minimum absolute atomic E-state index is 0.177.